The van der Waals surface area contributed by atoms with Crippen LogP contribution in [0.4, 0.5) is 0 Å². The van der Waals surface area contributed by atoms with E-state index in [1.165, 1.54) is 0 Å². The first-order chi connectivity index (χ1) is 11.8. The highest BCUT2D eigenvalue weighted by Gasteiger charge is 2.60. The second kappa shape index (κ2) is 8.36. The summed E-state index contributed by atoms with van der Waals surface area (Å²) in [5.41, 5.74) is -0.664. The molecule has 0 saturated carbocycles. The molecule has 25 heavy (non-hydrogen) atoms. The number of fused-ring (bicyclic) bond motifs is 1. The predicted octanol–water partition coefficient (Wildman–Crippen LogP) is 3.35. The van der Waals surface area contributed by atoms with Crippen molar-refractivity contribution >= 4 is 5.97 Å². The summed E-state index contributed by atoms with van der Waals surface area (Å²) in [7, 11) is 0. The number of aliphatic hydroxyl groups is 2. The zero-order chi connectivity index (χ0) is 18.7. The number of hydrogen-bond donors (Lipinski definition) is 2. The van der Waals surface area contributed by atoms with E-state index in [4.69, 9.17) is 9.47 Å². The first-order valence-corrected chi connectivity index (χ1v) is 10.1. The fraction of sp³-hybridized carbons (Fsp3) is 0.950. The first-order valence-electron chi connectivity index (χ1n) is 10.1. The number of rotatable bonds is 10. The van der Waals surface area contributed by atoms with Crippen LogP contribution in [-0.4, -0.2) is 45.7 Å². The van der Waals surface area contributed by atoms with E-state index in [0.717, 1.165) is 44.9 Å². The van der Waals surface area contributed by atoms with Crippen LogP contribution in [0.2, 0.25) is 0 Å². The topological polar surface area (TPSA) is 76.0 Å². The Morgan fingerprint density at radius 3 is 2.40 bits per heavy atom. The zero-order valence-corrected chi connectivity index (χ0v) is 16.3. The van der Waals surface area contributed by atoms with E-state index in [2.05, 4.69) is 20.8 Å². The maximum Gasteiger partial charge on any atom is 0.309 e. The highest BCUT2D eigenvalue weighted by Crippen LogP contribution is 2.51. The SMILES string of the molecule is CC[C@H](CCC[C@@]1(CC)C[C@]2(CC)OC(=O)C[C@@H]2O1)[C@H](O)[C@@H](O)CC. The molecule has 6 atom stereocenters. The van der Waals surface area contributed by atoms with Gasteiger partial charge in [-0.15, -0.1) is 0 Å². The van der Waals surface area contributed by atoms with Crippen molar-refractivity contribution in [2.75, 3.05) is 0 Å². The average Bonchev–Trinajstić information content (AvgIpc) is 3.07. The van der Waals surface area contributed by atoms with Crippen LogP contribution in [0.5, 0.6) is 0 Å². The van der Waals surface area contributed by atoms with Gasteiger partial charge in [-0.3, -0.25) is 4.79 Å². The maximum atomic E-state index is 11.7. The van der Waals surface area contributed by atoms with Crippen molar-refractivity contribution in [2.24, 2.45) is 5.92 Å². The molecule has 2 saturated heterocycles. The lowest BCUT2D eigenvalue weighted by atomic mass is 9.80. The molecule has 0 aromatic carbocycles. The number of esters is 1. The first kappa shape index (κ1) is 20.7. The third kappa shape index (κ3) is 4.20. The van der Waals surface area contributed by atoms with Crippen molar-refractivity contribution in [3.8, 4) is 0 Å². The largest absolute Gasteiger partial charge is 0.456 e. The lowest BCUT2D eigenvalue weighted by molar-refractivity contribution is -0.149. The fourth-order valence-corrected chi connectivity index (χ4v) is 4.67. The van der Waals surface area contributed by atoms with Crippen molar-refractivity contribution in [2.45, 2.75) is 115 Å². The summed E-state index contributed by atoms with van der Waals surface area (Å²) in [6.07, 6.45) is 5.60. The molecular weight excluding hydrogens is 320 g/mol. The van der Waals surface area contributed by atoms with Gasteiger partial charge in [-0.05, 0) is 38.0 Å². The number of carbonyl (C=O) groups is 1. The van der Waals surface area contributed by atoms with Gasteiger partial charge in [0.05, 0.1) is 24.2 Å². The molecule has 0 bridgehead atoms. The second-order valence-electron chi connectivity index (χ2n) is 7.94. The number of carbonyl (C=O) groups excluding carboxylic acids is 1. The minimum absolute atomic E-state index is 0.112. The van der Waals surface area contributed by atoms with Gasteiger partial charge >= 0.3 is 5.97 Å². The van der Waals surface area contributed by atoms with Crippen LogP contribution in [-0.2, 0) is 14.3 Å². The van der Waals surface area contributed by atoms with Gasteiger partial charge in [0.25, 0.3) is 0 Å². The molecule has 2 aliphatic rings. The molecule has 0 amide bonds. The molecule has 0 aromatic heterocycles. The Hall–Kier alpha value is -0.650. The summed E-state index contributed by atoms with van der Waals surface area (Å²) in [6.45, 7) is 8.16. The normalized spacial score (nSPS) is 35.3. The van der Waals surface area contributed by atoms with Crippen molar-refractivity contribution in [1.29, 1.82) is 0 Å². The molecule has 0 aliphatic carbocycles. The number of ether oxygens (including phenoxy) is 2. The van der Waals surface area contributed by atoms with Crippen LogP contribution in [0.1, 0.15) is 85.5 Å². The second-order valence-corrected chi connectivity index (χ2v) is 7.94. The Labute approximate surface area is 152 Å². The van der Waals surface area contributed by atoms with Crippen molar-refractivity contribution in [1.82, 2.24) is 0 Å². The van der Waals surface area contributed by atoms with Crippen LogP contribution in [0.15, 0.2) is 0 Å². The van der Waals surface area contributed by atoms with E-state index in [-0.39, 0.29) is 23.6 Å². The summed E-state index contributed by atoms with van der Waals surface area (Å²) < 4.78 is 12.0. The molecule has 2 rings (SSSR count). The molecule has 2 heterocycles. The van der Waals surface area contributed by atoms with Crippen LogP contribution >= 0.6 is 0 Å². The molecule has 2 N–H and O–H groups in total. The molecule has 0 radical (unpaired) electrons. The van der Waals surface area contributed by atoms with E-state index in [0.29, 0.717) is 12.8 Å². The van der Waals surface area contributed by atoms with Crippen LogP contribution in [0.3, 0.4) is 0 Å². The summed E-state index contributed by atoms with van der Waals surface area (Å²) in [5.74, 6) is -0.0259. The highest BCUT2D eigenvalue weighted by atomic mass is 16.6. The quantitative estimate of drug-likeness (QED) is 0.587. The lowest BCUT2D eigenvalue weighted by Crippen LogP contribution is -2.36. The summed E-state index contributed by atoms with van der Waals surface area (Å²) >= 11 is 0. The standard InChI is InChI=1S/C20H36O5/c1-5-14(18(23)15(21)6-2)10-9-11-19(7-3)13-20(8-4)16(24-19)12-17(22)25-20/h14-16,18,21,23H,5-13H2,1-4H3/t14-,15+,16+,18+,19+,20+/m1/s1. The average molecular weight is 357 g/mol. The predicted molar refractivity (Wildman–Crippen MR) is 96.2 cm³/mol. The highest BCUT2D eigenvalue weighted by molar-refractivity contribution is 5.73. The van der Waals surface area contributed by atoms with Gasteiger partial charge < -0.3 is 19.7 Å². The third-order valence-electron chi connectivity index (χ3n) is 6.54. The number of aliphatic hydroxyl groups excluding tert-OH is 2. The Balaban J connectivity index is 1.94. The van der Waals surface area contributed by atoms with Gasteiger partial charge in [0.1, 0.15) is 11.7 Å². The summed E-state index contributed by atoms with van der Waals surface area (Å²) in [4.78, 5) is 11.7. The smallest absolute Gasteiger partial charge is 0.309 e. The van der Waals surface area contributed by atoms with Crippen LogP contribution in [0, 0.1) is 5.92 Å². The summed E-state index contributed by atoms with van der Waals surface area (Å²) in [5, 5.41) is 20.2. The molecule has 5 heteroatoms. The van der Waals surface area contributed by atoms with Crippen molar-refractivity contribution < 1.29 is 24.5 Å². The Morgan fingerprint density at radius 2 is 1.88 bits per heavy atom. The van der Waals surface area contributed by atoms with E-state index < -0.39 is 17.8 Å². The van der Waals surface area contributed by atoms with Crippen LogP contribution < -0.4 is 0 Å². The fourth-order valence-electron chi connectivity index (χ4n) is 4.67. The maximum absolute atomic E-state index is 11.7. The Kier molecular flexibility index (Phi) is 6.91. The molecular formula is C20H36O5. The van der Waals surface area contributed by atoms with E-state index in [1.54, 1.807) is 0 Å². The van der Waals surface area contributed by atoms with Gasteiger partial charge in [0.15, 0.2) is 0 Å². The molecule has 5 nitrogen and oxygen atoms in total. The lowest BCUT2D eigenvalue weighted by Gasteiger charge is -2.31. The van der Waals surface area contributed by atoms with E-state index >= 15 is 0 Å². The molecule has 0 aromatic rings. The van der Waals surface area contributed by atoms with E-state index in [1.807, 2.05) is 6.92 Å². The molecule has 0 unspecified atom stereocenters. The van der Waals surface area contributed by atoms with Gasteiger partial charge in [0, 0.05) is 6.42 Å². The minimum atomic E-state index is -0.653. The molecule has 146 valence electrons. The number of hydrogen-bond acceptors (Lipinski definition) is 5. The van der Waals surface area contributed by atoms with Gasteiger partial charge in [-0.25, -0.2) is 0 Å². The minimum Gasteiger partial charge on any atom is -0.456 e. The Morgan fingerprint density at radius 1 is 1.16 bits per heavy atom. The van der Waals surface area contributed by atoms with Gasteiger partial charge in [0.2, 0.25) is 0 Å². The zero-order valence-electron chi connectivity index (χ0n) is 16.3. The summed E-state index contributed by atoms with van der Waals surface area (Å²) in [6, 6.07) is 0. The van der Waals surface area contributed by atoms with Gasteiger partial charge in [-0.1, -0.05) is 40.5 Å². The van der Waals surface area contributed by atoms with Gasteiger partial charge in [-0.2, -0.15) is 0 Å². The van der Waals surface area contributed by atoms with E-state index in [9.17, 15) is 15.0 Å². The molecule has 2 fully saturated rings. The monoisotopic (exact) mass is 356 g/mol. The molecule has 0 spiro atoms. The third-order valence-corrected chi connectivity index (χ3v) is 6.54. The van der Waals surface area contributed by atoms with Crippen molar-refractivity contribution in [3.05, 3.63) is 0 Å². The van der Waals surface area contributed by atoms with Crippen LogP contribution in [0.25, 0.3) is 0 Å². The Bertz CT molecular complexity index is 453. The van der Waals surface area contributed by atoms with Crippen molar-refractivity contribution in [3.63, 3.8) is 0 Å². The molecule has 2 aliphatic heterocycles.